The topological polar surface area (TPSA) is 130 Å². The number of hydrogen-bond donors (Lipinski definition) is 0. The van der Waals surface area contributed by atoms with E-state index in [0.717, 1.165) is 99.9 Å². The van der Waals surface area contributed by atoms with Gasteiger partial charge in [-0.1, -0.05) is 163 Å². The standard InChI is InChI=1S/2C22H40N2O2.Ca/c2*1-10-13-19(4,5)16-17(20(6,7)14-11-2)24-22(23-16,18(25)26)21(8,9)15-12-3;/h2*10-15H2,1-9H3,(H,25,26);/q;;+2/p-2. The van der Waals surface area contributed by atoms with Gasteiger partial charge in [-0.15, -0.1) is 0 Å². The van der Waals surface area contributed by atoms with Crippen molar-refractivity contribution in [3.8, 4) is 0 Å². The summed E-state index contributed by atoms with van der Waals surface area (Å²) in [5.41, 5.74) is -1.62. The molecule has 0 N–H and O–H groups in total. The maximum absolute atomic E-state index is 12.4. The van der Waals surface area contributed by atoms with Gasteiger partial charge in [-0.05, 0) is 38.5 Å². The molecule has 300 valence electrons. The van der Waals surface area contributed by atoms with Crippen LogP contribution in [0, 0.1) is 32.5 Å². The molecule has 2 aliphatic heterocycles. The van der Waals surface area contributed by atoms with E-state index in [0.29, 0.717) is 0 Å². The van der Waals surface area contributed by atoms with Crippen molar-refractivity contribution >= 4 is 72.5 Å². The molecule has 0 aromatic rings. The molecule has 9 heteroatoms. The maximum atomic E-state index is 12.4. The van der Waals surface area contributed by atoms with Crippen LogP contribution in [0.25, 0.3) is 0 Å². The number of aliphatic carboxylic acids is 2. The first-order valence-corrected chi connectivity index (χ1v) is 20.5. The van der Waals surface area contributed by atoms with Crippen LogP contribution in [0.15, 0.2) is 20.0 Å². The van der Waals surface area contributed by atoms with Gasteiger partial charge in [0.25, 0.3) is 0 Å². The first kappa shape index (κ1) is 51.9. The van der Waals surface area contributed by atoms with Crippen molar-refractivity contribution in [2.75, 3.05) is 0 Å². The minimum absolute atomic E-state index is 0. The van der Waals surface area contributed by atoms with E-state index in [1.807, 2.05) is 27.7 Å². The van der Waals surface area contributed by atoms with Crippen LogP contribution in [0.3, 0.4) is 0 Å². The Morgan fingerprint density at radius 2 is 0.585 bits per heavy atom. The smallest absolute Gasteiger partial charge is 0.545 e. The fourth-order valence-corrected chi connectivity index (χ4v) is 8.71. The van der Waals surface area contributed by atoms with Crippen molar-refractivity contribution in [2.24, 2.45) is 52.5 Å². The second kappa shape index (κ2) is 19.4. The molecule has 0 aliphatic carbocycles. The van der Waals surface area contributed by atoms with Gasteiger partial charge in [-0.25, -0.2) is 0 Å². The molecule has 0 atom stereocenters. The second-order valence-electron chi connectivity index (χ2n) is 19.6. The van der Waals surface area contributed by atoms with Crippen LogP contribution in [0.4, 0.5) is 0 Å². The molecule has 0 aromatic heterocycles. The molecule has 53 heavy (non-hydrogen) atoms. The summed E-state index contributed by atoms with van der Waals surface area (Å²) >= 11 is 0. The Kier molecular flexibility index (Phi) is 18.9. The summed E-state index contributed by atoms with van der Waals surface area (Å²) in [6.45, 7) is 37.8. The molecule has 2 heterocycles. The van der Waals surface area contributed by atoms with Crippen molar-refractivity contribution in [1.82, 2.24) is 0 Å². The Morgan fingerprint density at radius 1 is 0.415 bits per heavy atom. The second-order valence-corrected chi connectivity index (χ2v) is 19.6. The Morgan fingerprint density at radius 3 is 0.717 bits per heavy atom. The Hall–Kier alpha value is -1.12. The molecule has 0 aromatic carbocycles. The fraction of sp³-hybridized carbons (Fsp3) is 0.864. The van der Waals surface area contributed by atoms with E-state index in [1.54, 1.807) is 0 Å². The molecular formula is C44H78CaN4O4. The molecule has 0 saturated heterocycles. The Balaban J connectivity index is 0.00000100. The number of carboxylic acid groups (broad SMARTS) is 2. The number of rotatable bonds is 20. The summed E-state index contributed by atoms with van der Waals surface area (Å²) in [7, 11) is 0. The summed E-state index contributed by atoms with van der Waals surface area (Å²) in [4.78, 5) is 44.3. The number of carbonyl (C=O) groups is 2. The largest absolute Gasteiger partial charge is 2.00 e. The monoisotopic (exact) mass is 767 g/mol. The summed E-state index contributed by atoms with van der Waals surface area (Å²) in [5, 5.41) is 24.8. The van der Waals surface area contributed by atoms with Crippen LogP contribution in [-0.2, 0) is 9.59 Å². The van der Waals surface area contributed by atoms with E-state index in [-0.39, 0.29) is 59.4 Å². The third-order valence-corrected chi connectivity index (χ3v) is 11.8. The van der Waals surface area contributed by atoms with Crippen LogP contribution < -0.4 is 10.2 Å². The molecule has 0 unspecified atom stereocenters. The van der Waals surface area contributed by atoms with Crippen molar-refractivity contribution in [2.45, 2.75) is 213 Å². The normalized spacial score (nSPS) is 17.5. The minimum atomic E-state index is -1.52. The molecule has 0 spiro atoms. The van der Waals surface area contributed by atoms with E-state index in [9.17, 15) is 19.8 Å². The number of aliphatic imine (C=N–C) groups is 4. The molecule has 0 amide bonds. The Labute approximate surface area is 355 Å². The minimum Gasteiger partial charge on any atom is -0.545 e. The van der Waals surface area contributed by atoms with Crippen molar-refractivity contribution in [1.29, 1.82) is 0 Å². The van der Waals surface area contributed by atoms with Crippen molar-refractivity contribution in [3.63, 3.8) is 0 Å². The average Bonchev–Trinajstić information content (AvgIpc) is 3.63. The zero-order valence-electron chi connectivity index (χ0n) is 37.6. The number of nitrogens with zero attached hydrogens (tertiary/aromatic N) is 4. The van der Waals surface area contributed by atoms with Gasteiger partial charge in [0, 0.05) is 32.5 Å². The third kappa shape index (κ3) is 11.1. The molecule has 0 fully saturated rings. The molecule has 0 bridgehead atoms. The van der Waals surface area contributed by atoms with Gasteiger partial charge in [0.2, 0.25) is 0 Å². The van der Waals surface area contributed by atoms with Crippen LogP contribution in [0.1, 0.15) is 202 Å². The van der Waals surface area contributed by atoms with Crippen LogP contribution in [0.2, 0.25) is 0 Å². The maximum Gasteiger partial charge on any atom is 2.00 e. The molecule has 0 saturated carbocycles. The summed E-state index contributed by atoms with van der Waals surface area (Å²) in [6, 6.07) is 0. The molecule has 2 aliphatic rings. The zero-order chi connectivity index (χ0) is 40.8. The first-order valence-electron chi connectivity index (χ1n) is 20.5. The molecule has 2 rings (SSSR count). The van der Waals surface area contributed by atoms with E-state index < -0.39 is 34.1 Å². The summed E-state index contributed by atoms with van der Waals surface area (Å²) < 4.78 is 0. The molecular weight excluding hydrogens is 689 g/mol. The Bertz CT molecular complexity index is 1210. The SMILES string of the molecule is CCCC(C)(C)C1=NC(C(=O)[O-])(C(C)(C)CCC)N=C1C(C)(C)CCC.CCCC(C)(C)C1=NC(C(=O)[O-])(C(C)(C)CCC)N=C1C(C)(C)CCC.[Ca+2]. The van der Waals surface area contributed by atoms with E-state index in [1.165, 1.54) is 0 Å². The van der Waals surface area contributed by atoms with Crippen molar-refractivity contribution < 1.29 is 19.8 Å². The van der Waals surface area contributed by atoms with E-state index in [4.69, 9.17) is 20.0 Å². The van der Waals surface area contributed by atoms with Gasteiger partial charge in [0.15, 0.2) is 11.3 Å². The average molecular weight is 767 g/mol. The molecule has 0 radical (unpaired) electrons. The van der Waals surface area contributed by atoms with Gasteiger partial charge in [0.05, 0.1) is 34.8 Å². The predicted molar refractivity (Wildman–Crippen MR) is 223 cm³/mol. The van der Waals surface area contributed by atoms with E-state index >= 15 is 0 Å². The van der Waals surface area contributed by atoms with Gasteiger partial charge in [-0.2, -0.15) is 0 Å². The van der Waals surface area contributed by atoms with Gasteiger partial charge in [0.1, 0.15) is 0 Å². The van der Waals surface area contributed by atoms with Crippen LogP contribution >= 0.6 is 0 Å². The first-order chi connectivity index (χ1) is 23.6. The quantitative estimate of drug-likeness (QED) is 0.114. The van der Waals surface area contributed by atoms with Gasteiger partial charge < -0.3 is 19.8 Å². The van der Waals surface area contributed by atoms with E-state index in [2.05, 4.69) is 96.9 Å². The van der Waals surface area contributed by atoms with Crippen LogP contribution in [0.5, 0.6) is 0 Å². The number of hydrogen-bond acceptors (Lipinski definition) is 8. The zero-order valence-corrected chi connectivity index (χ0v) is 39.8. The summed E-state index contributed by atoms with van der Waals surface area (Å²) in [5.74, 6) is -2.36. The third-order valence-electron chi connectivity index (χ3n) is 11.8. The summed E-state index contributed by atoms with van der Waals surface area (Å²) in [6.07, 6.45) is 11.1. The van der Waals surface area contributed by atoms with Gasteiger partial charge in [-0.3, -0.25) is 20.0 Å². The van der Waals surface area contributed by atoms with Crippen molar-refractivity contribution in [3.05, 3.63) is 0 Å². The number of carboxylic acids is 2. The predicted octanol–water partition coefficient (Wildman–Crippen LogP) is 9.23. The van der Waals surface area contributed by atoms with Crippen LogP contribution in [-0.4, -0.2) is 83.8 Å². The fourth-order valence-electron chi connectivity index (χ4n) is 8.71. The number of carbonyl (C=O) groups excluding carboxylic acids is 2. The molecule has 8 nitrogen and oxygen atoms in total. The van der Waals surface area contributed by atoms with Gasteiger partial charge >= 0.3 is 37.7 Å².